The molecule has 0 saturated carbocycles. The fourth-order valence-electron chi connectivity index (χ4n) is 2.13. The highest BCUT2D eigenvalue weighted by molar-refractivity contribution is 5.76. The molecule has 2 N–H and O–H groups in total. The molecule has 0 saturated heterocycles. The molecule has 0 spiro atoms. The van der Waals surface area contributed by atoms with E-state index < -0.39 is 0 Å². The van der Waals surface area contributed by atoms with Gasteiger partial charge in [0.25, 0.3) is 0 Å². The van der Waals surface area contributed by atoms with Crippen molar-refractivity contribution in [3.05, 3.63) is 53.8 Å². The largest absolute Gasteiger partial charge is 0.324 e. The Morgan fingerprint density at radius 1 is 1.21 bits per heavy atom. The van der Waals surface area contributed by atoms with Crippen molar-refractivity contribution in [2.45, 2.75) is 13.0 Å². The molecule has 0 bridgehead atoms. The van der Waals surface area contributed by atoms with Gasteiger partial charge in [-0.25, -0.2) is 9.07 Å². The molecule has 0 unspecified atom stereocenters. The third-order valence-corrected chi connectivity index (χ3v) is 3.06. The molecule has 4 nitrogen and oxygen atoms in total. The first-order chi connectivity index (χ1) is 9.16. The second-order valence-corrected chi connectivity index (χ2v) is 4.48. The molecular formula is C14H13FN4. The number of fused-ring (bicyclic) bond motifs is 1. The number of hydrogen-bond acceptors (Lipinski definition) is 3. The normalized spacial score (nSPS) is 12.8. The summed E-state index contributed by atoms with van der Waals surface area (Å²) in [5.41, 5.74) is 9.03. The van der Waals surface area contributed by atoms with Gasteiger partial charge in [-0.3, -0.25) is 0 Å². The van der Waals surface area contributed by atoms with Crippen LogP contribution in [0.5, 0.6) is 0 Å². The number of nitrogens with zero attached hydrogens (tertiary/aromatic N) is 3. The van der Waals surface area contributed by atoms with E-state index in [0.29, 0.717) is 5.56 Å². The number of nitrogens with two attached hydrogens (primary N) is 1. The van der Waals surface area contributed by atoms with E-state index in [4.69, 9.17) is 5.73 Å². The summed E-state index contributed by atoms with van der Waals surface area (Å²) in [6, 6.07) is 11.9. The molecule has 1 heterocycles. The van der Waals surface area contributed by atoms with Gasteiger partial charge in [0, 0.05) is 6.04 Å². The summed E-state index contributed by atoms with van der Waals surface area (Å²) in [6.45, 7) is 1.82. The van der Waals surface area contributed by atoms with Gasteiger partial charge in [-0.05, 0) is 42.8 Å². The summed E-state index contributed by atoms with van der Waals surface area (Å²) in [7, 11) is 0. The van der Waals surface area contributed by atoms with E-state index in [1.807, 2.05) is 31.2 Å². The molecular weight excluding hydrogens is 243 g/mol. The monoisotopic (exact) mass is 256 g/mol. The Hall–Kier alpha value is -2.27. The fraction of sp³-hybridized carbons (Fsp3) is 0.143. The minimum Gasteiger partial charge on any atom is -0.324 e. The Kier molecular flexibility index (Phi) is 2.76. The summed E-state index contributed by atoms with van der Waals surface area (Å²) in [5.74, 6) is -0.305. The van der Waals surface area contributed by atoms with Gasteiger partial charge in [-0.2, -0.15) is 0 Å². The smallest absolute Gasteiger partial charge is 0.123 e. The maximum Gasteiger partial charge on any atom is 0.123 e. The Morgan fingerprint density at radius 2 is 2.00 bits per heavy atom. The molecule has 0 aliphatic carbocycles. The highest BCUT2D eigenvalue weighted by Gasteiger charge is 2.13. The Morgan fingerprint density at radius 3 is 2.79 bits per heavy atom. The first-order valence-corrected chi connectivity index (χ1v) is 6.02. The van der Waals surface area contributed by atoms with Crippen molar-refractivity contribution >= 4 is 11.0 Å². The topological polar surface area (TPSA) is 56.7 Å². The predicted molar refractivity (Wildman–Crippen MR) is 71.4 cm³/mol. The van der Waals surface area contributed by atoms with Gasteiger partial charge in [0.1, 0.15) is 11.3 Å². The average molecular weight is 256 g/mol. The lowest BCUT2D eigenvalue weighted by molar-refractivity contribution is 0.620. The van der Waals surface area contributed by atoms with E-state index in [2.05, 4.69) is 10.3 Å². The van der Waals surface area contributed by atoms with Crippen molar-refractivity contribution in [2.24, 2.45) is 5.73 Å². The molecule has 3 rings (SSSR count). The number of para-hydroxylation sites is 1. The van der Waals surface area contributed by atoms with Crippen LogP contribution in [0.1, 0.15) is 18.5 Å². The Bertz CT molecular complexity index is 733. The van der Waals surface area contributed by atoms with Crippen LogP contribution in [-0.4, -0.2) is 15.0 Å². The zero-order valence-electron chi connectivity index (χ0n) is 10.4. The summed E-state index contributed by atoms with van der Waals surface area (Å²) < 4.78 is 15.1. The quantitative estimate of drug-likeness (QED) is 0.766. The zero-order valence-corrected chi connectivity index (χ0v) is 10.4. The van der Waals surface area contributed by atoms with Gasteiger partial charge in [-0.15, -0.1) is 5.10 Å². The first-order valence-electron chi connectivity index (χ1n) is 6.02. The second kappa shape index (κ2) is 4.44. The van der Waals surface area contributed by atoms with Crippen LogP contribution in [0.4, 0.5) is 4.39 Å². The van der Waals surface area contributed by atoms with Gasteiger partial charge in [0.2, 0.25) is 0 Å². The van der Waals surface area contributed by atoms with Crippen LogP contribution >= 0.6 is 0 Å². The van der Waals surface area contributed by atoms with Gasteiger partial charge in [0.15, 0.2) is 0 Å². The molecule has 0 aliphatic rings. The fourth-order valence-corrected chi connectivity index (χ4v) is 2.13. The number of aromatic nitrogens is 3. The number of benzene rings is 2. The van der Waals surface area contributed by atoms with Crippen LogP contribution in [0.3, 0.4) is 0 Å². The first kappa shape index (κ1) is 11.8. The van der Waals surface area contributed by atoms with E-state index in [0.717, 1.165) is 16.7 Å². The van der Waals surface area contributed by atoms with Crippen molar-refractivity contribution in [3.63, 3.8) is 0 Å². The second-order valence-electron chi connectivity index (χ2n) is 4.48. The number of hydrogen-bond donors (Lipinski definition) is 1. The maximum absolute atomic E-state index is 13.4. The molecule has 1 atom stereocenters. The lowest BCUT2D eigenvalue weighted by Gasteiger charge is -2.12. The van der Waals surface area contributed by atoms with Crippen LogP contribution in [0.25, 0.3) is 16.7 Å². The summed E-state index contributed by atoms with van der Waals surface area (Å²) in [6.07, 6.45) is 0. The average Bonchev–Trinajstić information content (AvgIpc) is 2.82. The molecule has 3 aromatic rings. The van der Waals surface area contributed by atoms with Gasteiger partial charge >= 0.3 is 0 Å². The molecule has 0 fully saturated rings. The van der Waals surface area contributed by atoms with E-state index in [9.17, 15) is 4.39 Å². The van der Waals surface area contributed by atoms with Crippen molar-refractivity contribution in [1.29, 1.82) is 0 Å². The summed E-state index contributed by atoms with van der Waals surface area (Å²) in [5, 5.41) is 8.22. The van der Waals surface area contributed by atoms with Crippen LogP contribution in [-0.2, 0) is 0 Å². The Balaban J connectivity index is 2.27. The van der Waals surface area contributed by atoms with Crippen LogP contribution in [0.15, 0.2) is 42.5 Å². The molecule has 19 heavy (non-hydrogen) atoms. The lowest BCUT2D eigenvalue weighted by atomic mass is 10.1. The van der Waals surface area contributed by atoms with Gasteiger partial charge < -0.3 is 5.73 Å². The van der Waals surface area contributed by atoms with Gasteiger partial charge in [-0.1, -0.05) is 17.3 Å². The van der Waals surface area contributed by atoms with Crippen molar-refractivity contribution in [2.75, 3.05) is 0 Å². The van der Waals surface area contributed by atoms with E-state index >= 15 is 0 Å². The van der Waals surface area contributed by atoms with E-state index in [1.165, 1.54) is 12.1 Å². The maximum atomic E-state index is 13.4. The minimum atomic E-state index is -0.305. The van der Waals surface area contributed by atoms with E-state index in [-0.39, 0.29) is 11.9 Å². The number of halogens is 1. The third kappa shape index (κ3) is 1.98. The highest BCUT2D eigenvalue weighted by Crippen LogP contribution is 2.23. The number of rotatable bonds is 2. The molecule has 96 valence electrons. The van der Waals surface area contributed by atoms with Crippen molar-refractivity contribution in [1.82, 2.24) is 15.0 Å². The van der Waals surface area contributed by atoms with Crippen molar-refractivity contribution in [3.8, 4) is 5.69 Å². The summed E-state index contributed by atoms with van der Waals surface area (Å²) in [4.78, 5) is 0. The molecule has 0 amide bonds. The molecule has 5 heteroatoms. The van der Waals surface area contributed by atoms with Crippen molar-refractivity contribution < 1.29 is 4.39 Å². The van der Waals surface area contributed by atoms with Crippen LogP contribution in [0.2, 0.25) is 0 Å². The van der Waals surface area contributed by atoms with Crippen LogP contribution in [0, 0.1) is 5.82 Å². The summed E-state index contributed by atoms with van der Waals surface area (Å²) >= 11 is 0. The molecule has 0 aliphatic heterocycles. The standard InChI is InChI=1S/C14H13FN4/c1-9(16)11-8-10(15)6-7-13(11)19-14-5-3-2-4-12(14)17-18-19/h2-9H,16H2,1H3/t9-/m1/s1. The third-order valence-electron chi connectivity index (χ3n) is 3.06. The predicted octanol–water partition coefficient (Wildman–Crippen LogP) is 2.58. The van der Waals surface area contributed by atoms with Gasteiger partial charge in [0.05, 0.1) is 11.2 Å². The molecule has 0 radical (unpaired) electrons. The molecule has 2 aromatic carbocycles. The zero-order chi connectivity index (χ0) is 13.4. The highest BCUT2D eigenvalue weighted by atomic mass is 19.1. The SMILES string of the molecule is C[C@@H](N)c1cc(F)ccc1-n1nnc2ccccc21. The lowest BCUT2D eigenvalue weighted by Crippen LogP contribution is -2.11. The molecule has 1 aromatic heterocycles. The van der Waals surface area contributed by atoms with Crippen LogP contribution < -0.4 is 5.73 Å². The van der Waals surface area contributed by atoms with E-state index in [1.54, 1.807) is 10.7 Å². The Labute approximate surface area is 109 Å². The minimum absolute atomic E-state index is 0.284.